The Morgan fingerprint density at radius 3 is 1.02 bits per heavy atom. The van der Waals surface area contributed by atoms with Crippen LogP contribution in [0.2, 0.25) is 0 Å². The molecule has 4 aliphatic carbocycles. The van der Waals surface area contributed by atoms with E-state index in [0.717, 1.165) is 150 Å². The van der Waals surface area contributed by atoms with Crippen molar-refractivity contribution in [3.8, 4) is 102 Å². The van der Waals surface area contributed by atoms with Crippen LogP contribution < -0.4 is 22.5 Å². The number of hydrogen-bond acceptors (Lipinski definition) is 19. The first-order chi connectivity index (χ1) is 59.2. The lowest BCUT2D eigenvalue weighted by atomic mass is 9.94. The predicted molar refractivity (Wildman–Crippen MR) is 482 cm³/mol. The molecular weight excluding hydrogens is 1500 g/mol. The number of nitrogens with zero attached hydrogens (tertiary/aromatic N) is 15. The van der Waals surface area contributed by atoms with Gasteiger partial charge in [0.15, 0.2) is 11.6 Å². The number of aromatic amines is 5. The number of aliphatic imine (C=N–C) groups is 3. The van der Waals surface area contributed by atoms with Crippen LogP contribution in [0.3, 0.4) is 0 Å². The molecule has 4 aromatic carbocycles. The summed E-state index contributed by atoms with van der Waals surface area (Å²) in [5, 5.41) is 3.20. The Hall–Kier alpha value is -12.6. The molecule has 0 unspecified atom stereocenters. The van der Waals surface area contributed by atoms with Crippen LogP contribution in [-0.4, -0.2) is 109 Å². The number of pyridine rings is 1. The van der Waals surface area contributed by atoms with Crippen molar-refractivity contribution in [1.82, 2.24) is 90.0 Å². The molecule has 0 radical (unpaired) electrons. The summed E-state index contributed by atoms with van der Waals surface area (Å²) in [4.78, 5) is 84.9. The number of nitrogens with one attached hydrogen (secondary N) is 6. The van der Waals surface area contributed by atoms with Crippen LogP contribution in [0.5, 0.6) is 0 Å². The van der Waals surface area contributed by atoms with Gasteiger partial charge in [0.05, 0.1) is 107 Å². The Kier molecular flexibility index (Phi) is 24.9. The van der Waals surface area contributed by atoms with E-state index in [1.54, 1.807) is 24.8 Å². The minimum atomic E-state index is -0.140. The highest BCUT2D eigenvalue weighted by atomic mass is 15.0. The van der Waals surface area contributed by atoms with Gasteiger partial charge in [-0.25, -0.2) is 44.9 Å². The molecule has 4 saturated carbocycles. The van der Waals surface area contributed by atoms with Gasteiger partial charge in [-0.1, -0.05) is 148 Å². The van der Waals surface area contributed by atoms with Gasteiger partial charge in [-0.2, -0.15) is 0 Å². The summed E-state index contributed by atoms with van der Waals surface area (Å²) in [6.45, 7) is 7.79. The molecule has 20 rings (SSSR count). The third kappa shape index (κ3) is 19.2. The normalized spacial score (nSPS) is 17.2. The third-order valence-electron chi connectivity index (χ3n) is 24.6. The monoisotopic (exact) mass is 1610 g/mol. The van der Waals surface area contributed by atoms with E-state index in [4.69, 9.17) is 32.2 Å². The second kappa shape index (κ2) is 37.4. The predicted octanol–water partition coefficient (Wildman–Crippen LogP) is 20.3. The number of allylic oxidation sites excluding steroid dienone is 3. The quantitative estimate of drug-likeness (QED) is 0.0323. The first kappa shape index (κ1) is 80.8. The Labute approximate surface area is 706 Å². The van der Waals surface area contributed by atoms with Gasteiger partial charge in [0.1, 0.15) is 34.8 Å². The summed E-state index contributed by atoms with van der Waals surface area (Å²) in [7, 11) is 1.93. The molecule has 121 heavy (non-hydrogen) atoms. The molecule has 4 atom stereocenters. The van der Waals surface area contributed by atoms with Crippen LogP contribution in [0.15, 0.2) is 217 Å². The van der Waals surface area contributed by atoms with Crippen LogP contribution in [0.1, 0.15) is 226 Å². The van der Waals surface area contributed by atoms with Gasteiger partial charge < -0.3 is 47.4 Å². The van der Waals surface area contributed by atoms with Gasteiger partial charge in [0, 0.05) is 131 Å². The van der Waals surface area contributed by atoms with Gasteiger partial charge in [0.25, 0.3) is 0 Å². The first-order valence-corrected chi connectivity index (χ1v) is 43.0. The zero-order valence-corrected chi connectivity index (χ0v) is 69.5. The molecule has 0 amide bonds. The SMILES string of the molecule is CN[C@@H](C)c1ncc(-c2ccc(-c3ncc(C4=CN=C(C5CCCC5)C4)cn3)cc2)[nH]1.C[C@H](N)c1ncc(-c2ccc(-c3ccc(-c4cnc(C5CCCC5)[nH]4)cn3)cc2)[nH]1.C[C@H](N)c1ncc(-c2cnc(-c3ccc(C4=CN=C(C5CCCC5)C4)cc3)cn2)[nH]1.C[C@H](N)c1ncc(-c2cnc(-c3ccc(C4=CN=C(C5CCCC5)C4)cc3)nc2)[nH]1. The highest BCUT2D eigenvalue weighted by molar-refractivity contribution is 6.01. The van der Waals surface area contributed by atoms with Crippen LogP contribution in [0.4, 0.5) is 0 Å². The molecule has 24 heteroatoms. The van der Waals surface area contributed by atoms with E-state index in [9.17, 15) is 0 Å². The number of nitrogens with two attached hydrogens (primary N) is 3. The maximum atomic E-state index is 5.88. The second-order valence-electron chi connectivity index (χ2n) is 33.2. The molecule has 7 aliphatic rings. The van der Waals surface area contributed by atoms with E-state index in [2.05, 4.69) is 219 Å². The highest BCUT2D eigenvalue weighted by Gasteiger charge is 2.29. The summed E-state index contributed by atoms with van der Waals surface area (Å²) in [5.74, 6) is 8.45. The van der Waals surface area contributed by atoms with Gasteiger partial charge >= 0.3 is 0 Å². The number of H-pyrrole nitrogens is 5. The van der Waals surface area contributed by atoms with Crippen molar-refractivity contribution in [2.45, 2.75) is 180 Å². The highest BCUT2D eigenvalue weighted by Crippen LogP contribution is 2.40. The van der Waals surface area contributed by atoms with Crippen LogP contribution in [-0.2, 0) is 0 Å². The van der Waals surface area contributed by atoms with E-state index < -0.39 is 0 Å². The van der Waals surface area contributed by atoms with E-state index in [0.29, 0.717) is 29.5 Å². The summed E-state index contributed by atoms with van der Waals surface area (Å²) in [5.41, 5.74) is 44.6. The summed E-state index contributed by atoms with van der Waals surface area (Å²) >= 11 is 0. The van der Waals surface area contributed by atoms with Gasteiger partial charge in [-0.05, 0) is 155 Å². The lowest BCUT2D eigenvalue weighted by Crippen LogP contribution is -2.13. The third-order valence-corrected chi connectivity index (χ3v) is 24.6. The molecule has 0 saturated heterocycles. The minimum absolute atomic E-state index is 0.107. The fraction of sp³-hybridized carbons (Fsp3) is 0.330. The van der Waals surface area contributed by atoms with E-state index in [-0.39, 0.29) is 24.2 Å². The van der Waals surface area contributed by atoms with Crippen LogP contribution >= 0.6 is 0 Å². The molecule has 4 fully saturated rings. The summed E-state index contributed by atoms with van der Waals surface area (Å²) in [6.07, 6.45) is 52.1. The maximum absolute atomic E-state index is 5.88. The fourth-order valence-corrected chi connectivity index (χ4v) is 17.2. The molecule has 0 spiro atoms. The largest absolute Gasteiger partial charge is 0.342 e. The van der Waals surface area contributed by atoms with E-state index in [1.165, 1.54) is 148 Å². The Morgan fingerprint density at radius 1 is 0.281 bits per heavy atom. The summed E-state index contributed by atoms with van der Waals surface area (Å²) < 4.78 is 0. The Bertz CT molecular complexity index is 5650. The first-order valence-electron chi connectivity index (χ1n) is 43.0. The van der Waals surface area contributed by atoms with Crippen LogP contribution in [0.25, 0.3) is 118 Å². The molecule has 3 aliphatic heterocycles. The Morgan fingerprint density at radius 2 is 0.603 bits per heavy atom. The lowest BCUT2D eigenvalue weighted by Gasteiger charge is -2.10. The molecular formula is C97H106N24. The van der Waals surface area contributed by atoms with E-state index in [1.807, 2.05) is 83.6 Å². The fourth-order valence-electron chi connectivity index (χ4n) is 17.2. The van der Waals surface area contributed by atoms with Crippen molar-refractivity contribution in [1.29, 1.82) is 0 Å². The standard InChI is InChI=1S/C25H28N6.3C24H26N6/c1-16(26-2)24-30-15-23(31-24)18-7-9-19(10-8-18)25-28-13-21(14-29-25)20-11-22(27-12-20)17-5-3-4-6-17;1-15(25)23-29-14-22(30-23)20-12-27-24(28-13-20)18-8-6-16(7-9-18)19-10-21(26-11-19)17-4-2-3-5-17;1-15(25)24-29-14-23(30-24)22-13-27-21(12-28-22)18-8-6-16(7-9-18)19-10-20(26-11-19)17-4-2-3-5-17;1-15(25)23-27-13-21(29-23)17-8-6-16(7-9-17)20-11-10-19(12-26-20)22-14-28-24(30-22)18-4-2-3-5-18/h7-10,12-17,26H,3-6,11H2,1-2H3,(H,30,31);2*6-9,11-15,17H,2-5,10,25H2,1H3,(H,29,30);6-15,18H,2-5,25H2,1H3,(H,27,29)(H,28,30)/t16-;3*15-/m0000/s1. The zero-order valence-electron chi connectivity index (χ0n) is 69.5. The molecule has 12 heterocycles. The van der Waals surface area contributed by atoms with Crippen molar-refractivity contribution in [2.75, 3.05) is 7.05 Å². The number of imidazole rings is 5. The smallest absolute Gasteiger partial charge is 0.159 e. The molecule has 13 aromatic rings. The minimum Gasteiger partial charge on any atom is -0.342 e. The maximum Gasteiger partial charge on any atom is 0.159 e. The molecule has 614 valence electrons. The van der Waals surface area contributed by atoms with Gasteiger partial charge in [0.2, 0.25) is 0 Å². The second-order valence-corrected chi connectivity index (χ2v) is 33.2. The molecule has 24 nitrogen and oxygen atoms in total. The van der Waals surface area contributed by atoms with Crippen LogP contribution in [0, 0.1) is 17.8 Å². The lowest BCUT2D eigenvalue weighted by molar-refractivity contribution is 0.618. The van der Waals surface area contributed by atoms with Crippen molar-refractivity contribution in [2.24, 2.45) is 49.9 Å². The molecule has 12 N–H and O–H groups in total. The van der Waals surface area contributed by atoms with Crippen molar-refractivity contribution in [3.05, 3.63) is 248 Å². The number of aromatic nitrogens is 17. The van der Waals surface area contributed by atoms with Crippen molar-refractivity contribution in [3.63, 3.8) is 0 Å². The zero-order chi connectivity index (χ0) is 82.7. The van der Waals surface area contributed by atoms with Gasteiger partial charge in [-0.15, -0.1) is 0 Å². The topological polar surface area (TPSA) is 361 Å². The van der Waals surface area contributed by atoms with Gasteiger partial charge in [-0.3, -0.25) is 29.9 Å². The van der Waals surface area contributed by atoms with Crippen molar-refractivity contribution >= 4 is 33.9 Å². The average Bonchev–Trinajstić information content (AvgIpc) is 1.72. The average molecular weight is 1610 g/mol. The number of rotatable bonds is 21. The number of benzene rings is 4. The number of hydrogen-bond donors (Lipinski definition) is 9. The van der Waals surface area contributed by atoms with Crippen molar-refractivity contribution < 1.29 is 0 Å². The molecule has 0 bridgehead atoms. The molecule has 9 aromatic heterocycles. The Balaban J connectivity index is 0.000000115. The van der Waals surface area contributed by atoms with E-state index >= 15 is 0 Å². The summed E-state index contributed by atoms with van der Waals surface area (Å²) in [6, 6.07) is 37.6.